The molecule has 0 fully saturated rings. The van der Waals surface area contributed by atoms with E-state index in [4.69, 9.17) is 0 Å². The Morgan fingerprint density at radius 1 is 1.29 bits per heavy atom. The fourth-order valence-electron chi connectivity index (χ4n) is 1.86. The van der Waals surface area contributed by atoms with Gasteiger partial charge in [0, 0.05) is 26.8 Å². The summed E-state index contributed by atoms with van der Waals surface area (Å²) < 4.78 is 0.700. The molecule has 0 aliphatic heterocycles. The maximum absolute atomic E-state index is 11.1. The van der Waals surface area contributed by atoms with Crippen molar-refractivity contribution in [2.24, 2.45) is 0 Å². The molecular formula is C15H17BrN2O2S. The molecule has 0 saturated heterocycles. The van der Waals surface area contributed by atoms with Crippen molar-refractivity contribution in [1.29, 1.82) is 0 Å². The quantitative estimate of drug-likeness (QED) is 0.586. The van der Waals surface area contributed by atoms with Gasteiger partial charge < -0.3 is 5.32 Å². The number of rotatable bonds is 4. The molecule has 2 rings (SSSR count). The van der Waals surface area contributed by atoms with Gasteiger partial charge in [-0.1, -0.05) is 36.7 Å². The van der Waals surface area contributed by atoms with Crippen LogP contribution in [0.1, 0.15) is 30.5 Å². The zero-order chi connectivity index (χ0) is 15.6. The Balaban J connectivity index is 2.13. The third-order valence-corrected chi connectivity index (χ3v) is 5.01. The highest BCUT2D eigenvalue weighted by Gasteiger charge is 2.17. The average Bonchev–Trinajstić information content (AvgIpc) is 2.85. The van der Waals surface area contributed by atoms with Gasteiger partial charge in [0.05, 0.1) is 4.92 Å². The molecule has 112 valence electrons. The minimum atomic E-state index is -0.373. The molecule has 0 saturated carbocycles. The predicted molar refractivity (Wildman–Crippen MR) is 91.1 cm³/mol. The van der Waals surface area contributed by atoms with E-state index in [0.717, 1.165) is 4.88 Å². The van der Waals surface area contributed by atoms with Crippen molar-refractivity contribution in [2.45, 2.75) is 32.7 Å². The average molecular weight is 369 g/mol. The molecule has 0 aliphatic rings. The Hall–Kier alpha value is -1.40. The number of anilines is 1. The molecule has 0 spiro atoms. The summed E-state index contributed by atoms with van der Waals surface area (Å²) in [6.07, 6.45) is 0. The lowest BCUT2D eigenvalue weighted by molar-refractivity contribution is -0.384. The van der Waals surface area contributed by atoms with E-state index in [0.29, 0.717) is 16.7 Å². The van der Waals surface area contributed by atoms with E-state index >= 15 is 0 Å². The maximum Gasteiger partial charge on any atom is 0.293 e. The van der Waals surface area contributed by atoms with E-state index in [1.807, 2.05) is 0 Å². The fourth-order valence-corrected chi connectivity index (χ4v) is 3.22. The van der Waals surface area contributed by atoms with Crippen LogP contribution in [0.3, 0.4) is 0 Å². The van der Waals surface area contributed by atoms with Gasteiger partial charge >= 0.3 is 0 Å². The van der Waals surface area contributed by atoms with Gasteiger partial charge in [-0.3, -0.25) is 10.1 Å². The van der Waals surface area contributed by atoms with Gasteiger partial charge in [-0.05, 0) is 29.7 Å². The molecule has 1 aromatic heterocycles. The van der Waals surface area contributed by atoms with Crippen LogP contribution in [-0.2, 0) is 12.0 Å². The van der Waals surface area contributed by atoms with Gasteiger partial charge in [-0.15, -0.1) is 11.3 Å². The molecule has 1 aromatic carbocycles. The molecule has 6 heteroatoms. The number of nitro benzene ring substituents is 1. The number of nitrogens with one attached hydrogen (secondary N) is 1. The SMILES string of the molecule is CC(C)(C)c1ccc(CNc2ccc(Br)cc2[N+](=O)[O-])s1. The van der Waals surface area contributed by atoms with Crippen molar-refractivity contribution in [2.75, 3.05) is 5.32 Å². The van der Waals surface area contributed by atoms with E-state index < -0.39 is 0 Å². The molecule has 0 radical (unpaired) electrons. The van der Waals surface area contributed by atoms with Gasteiger partial charge in [0.1, 0.15) is 5.69 Å². The summed E-state index contributed by atoms with van der Waals surface area (Å²) in [6, 6.07) is 9.22. The predicted octanol–water partition coefficient (Wildman–Crippen LogP) is 5.33. The maximum atomic E-state index is 11.1. The minimum Gasteiger partial charge on any atom is -0.375 e. The lowest BCUT2D eigenvalue weighted by atomic mass is 9.95. The Morgan fingerprint density at radius 2 is 2.00 bits per heavy atom. The second-order valence-corrected chi connectivity index (χ2v) is 7.87. The van der Waals surface area contributed by atoms with Crippen molar-refractivity contribution in [1.82, 2.24) is 0 Å². The Kier molecular flexibility index (Phi) is 4.68. The number of nitro groups is 1. The highest BCUT2D eigenvalue weighted by atomic mass is 79.9. The summed E-state index contributed by atoms with van der Waals surface area (Å²) in [4.78, 5) is 13.2. The number of nitrogens with zero attached hydrogens (tertiary/aromatic N) is 1. The molecule has 1 heterocycles. The minimum absolute atomic E-state index is 0.0805. The molecule has 4 nitrogen and oxygen atoms in total. The highest BCUT2D eigenvalue weighted by molar-refractivity contribution is 9.10. The summed E-state index contributed by atoms with van der Waals surface area (Å²) in [5, 5.41) is 14.2. The number of thiophene rings is 1. The number of halogens is 1. The second kappa shape index (κ2) is 6.15. The molecule has 0 unspecified atom stereocenters. The Morgan fingerprint density at radius 3 is 2.57 bits per heavy atom. The van der Waals surface area contributed by atoms with Gasteiger partial charge in [0.2, 0.25) is 0 Å². The molecular weight excluding hydrogens is 352 g/mol. The van der Waals surface area contributed by atoms with Gasteiger partial charge in [-0.2, -0.15) is 0 Å². The van der Waals surface area contributed by atoms with Crippen molar-refractivity contribution < 1.29 is 4.92 Å². The van der Waals surface area contributed by atoms with E-state index in [2.05, 4.69) is 54.2 Å². The fraction of sp³-hybridized carbons (Fsp3) is 0.333. The number of hydrogen-bond acceptors (Lipinski definition) is 4. The van der Waals surface area contributed by atoms with Crippen LogP contribution in [0.4, 0.5) is 11.4 Å². The van der Waals surface area contributed by atoms with Crippen LogP contribution in [0.2, 0.25) is 0 Å². The molecule has 2 aromatic rings. The Labute approximate surface area is 136 Å². The molecule has 0 aliphatic carbocycles. The largest absolute Gasteiger partial charge is 0.375 e. The van der Waals surface area contributed by atoms with Crippen LogP contribution in [0.5, 0.6) is 0 Å². The van der Waals surface area contributed by atoms with E-state index in [1.54, 1.807) is 23.5 Å². The van der Waals surface area contributed by atoms with Crippen molar-refractivity contribution >= 4 is 38.6 Å². The van der Waals surface area contributed by atoms with Crippen LogP contribution in [-0.4, -0.2) is 4.92 Å². The van der Waals surface area contributed by atoms with E-state index in [1.165, 1.54) is 10.9 Å². The first-order chi connectivity index (χ1) is 9.77. The van der Waals surface area contributed by atoms with Gasteiger partial charge in [-0.25, -0.2) is 0 Å². The first-order valence-electron chi connectivity index (χ1n) is 6.54. The Bertz CT molecular complexity index is 662. The normalized spacial score (nSPS) is 11.4. The highest BCUT2D eigenvalue weighted by Crippen LogP contribution is 2.31. The summed E-state index contributed by atoms with van der Waals surface area (Å²) in [5.41, 5.74) is 0.748. The van der Waals surface area contributed by atoms with Crippen LogP contribution in [0, 0.1) is 10.1 Å². The molecule has 0 atom stereocenters. The van der Waals surface area contributed by atoms with Crippen molar-refractivity contribution in [3.8, 4) is 0 Å². The number of benzene rings is 1. The van der Waals surface area contributed by atoms with Gasteiger partial charge in [0.15, 0.2) is 0 Å². The van der Waals surface area contributed by atoms with Crippen molar-refractivity contribution in [3.05, 3.63) is 54.7 Å². The topological polar surface area (TPSA) is 55.2 Å². The van der Waals surface area contributed by atoms with Crippen molar-refractivity contribution in [3.63, 3.8) is 0 Å². The summed E-state index contributed by atoms with van der Waals surface area (Å²) in [7, 11) is 0. The number of hydrogen-bond donors (Lipinski definition) is 1. The molecule has 0 bridgehead atoms. The first-order valence-corrected chi connectivity index (χ1v) is 8.15. The van der Waals surface area contributed by atoms with Crippen LogP contribution < -0.4 is 5.32 Å². The summed E-state index contributed by atoms with van der Waals surface area (Å²) in [5.74, 6) is 0. The zero-order valence-corrected chi connectivity index (χ0v) is 14.5. The lowest BCUT2D eigenvalue weighted by Crippen LogP contribution is -2.07. The van der Waals surface area contributed by atoms with Gasteiger partial charge in [0.25, 0.3) is 5.69 Å². The van der Waals surface area contributed by atoms with Crippen LogP contribution in [0.15, 0.2) is 34.8 Å². The van der Waals surface area contributed by atoms with Crippen LogP contribution >= 0.6 is 27.3 Å². The lowest BCUT2D eigenvalue weighted by Gasteiger charge is -2.15. The first kappa shape index (κ1) is 16.0. The zero-order valence-electron chi connectivity index (χ0n) is 12.1. The molecule has 21 heavy (non-hydrogen) atoms. The van der Waals surface area contributed by atoms with E-state index in [-0.39, 0.29) is 16.0 Å². The summed E-state index contributed by atoms with van der Waals surface area (Å²) in [6.45, 7) is 7.12. The third kappa shape index (κ3) is 4.04. The molecule has 0 amide bonds. The van der Waals surface area contributed by atoms with Crippen LogP contribution in [0.25, 0.3) is 0 Å². The summed E-state index contributed by atoms with van der Waals surface area (Å²) >= 11 is 4.99. The monoisotopic (exact) mass is 368 g/mol. The third-order valence-electron chi connectivity index (χ3n) is 3.01. The molecule has 1 N–H and O–H groups in total. The smallest absolute Gasteiger partial charge is 0.293 e. The van der Waals surface area contributed by atoms with E-state index in [9.17, 15) is 10.1 Å². The standard InChI is InChI=1S/C15H17BrN2O2S/c1-15(2,3)14-7-5-11(21-14)9-17-12-6-4-10(16)8-13(12)18(19)20/h4-8,17H,9H2,1-3H3. The second-order valence-electron chi connectivity index (χ2n) is 5.79.